The predicted octanol–water partition coefficient (Wildman–Crippen LogP) is 3.06. The van der Waals surface area contributed by atoms with Crippen molar-refractivity contribution in [2.75, 3.05) is 18.9 Å². The Labute approximate surface area is 169 Å². The molecule has 11 heteroatoms. The number of ether oxygens (including phenoxy) is 2. The maximum Gasteiger partial charge on any atom is 0.417 e. The minimum Gasteiger partial charge on any atom is -0.493 e. The van der Waals surface area contributed by atoms with E-state index in [1.807, 2.05) is 0 Å². The second kappa shape index (κ2) is 7.26. The van der Waals surface area contributed by atoms with Crippen molar-refractivity contribution in [1.29, 1.82) is 0 Å². The number of hydrogen-bond acceptors (Lipinski definition) is 8. The van der Waals surface area contributed by atoms with Crippen molar-refractivity contribution in [3.8, 4) is 22.8 Å². The average Bonchev–Trinajstić information content (AvgIpc) is 3.31. The molecule has 0 aliphatic heterocycles. The number of sulfonamides is 1. The molecule has 0 aliphatic rings. The Balaban J connectivity index is 1.61. The Morgan fingerprint density at radius 3 is 2.66 bits per heavy atom. The van der Waals surface area contributed by atoms with Gasteiger partial charge in [-0.05, 0) is 24.3 Å². The highest BCUT2D eigenvalue weighted by atomic mass is 32.2. The molecule has 0 amide bonds. The molecule has 150 valence electrons. The Kier molecular flexibility index (Phi) is 4.76. The standard InChI is InChI=1S/C18H15N3O6S2/c1-25-14-6-4-11(8-16(14)26-2)29(23,24)21-17-19-13(9-28-17)10-3-5-12-15(7-10)27-18(22)20-12/h3-9H,1-2H3,(H,19,21)(H,20,22). The van der Waals surface area contributed by atoms with E-state index in [0.29, 0.717) is 33.9 Å². The van der Waals surface area contributed by atoms with Crippen molar-refractivity contribution in [2.24, 2.45) is 0 Å². The number of benzene rings is 2. The zero-order chi connectivity index (χ0) is 20.6. The summed E-state index contributed by atoms with van der Waals surface area (Å²) in [7, 11) is -0.975. The van der Waals surface area contributed by atoms with Gasteiger partial charge in [-0.2, -0.15) is 0 Å². The molecule has 0 unspecified atom stereocenters. The van der Waals surface area contributed by atoms with Gasteiger partial charge in [0.2, 0.25) is 0 Å². The molecular weight excluding hydrogens is 418 g/mol. The fourth-order valence-corrected chi connectivity index (χ4v) is 4.70. The number of aromatic amines is 1. The van der Waals surface area contributed by atoms with Crippen LogP contribution >= 0.6 is 11.3 Å². The number of thiazole rings is 1. The van der Waals surface area contributed by atoms with E-state index in [9.17, 15) is 13.2 Å². The highest BCUT2D eigenvalue weighted by molar-refractivity contribution is 7.93. The fourth-order valence-electron chi connectivity index (χ4n) is 2.72. The number of rotatable bonds is 6. The number of fused-ring (bicyclic) bond motifs is 1. The second-order valence-electron chi connectivity index (χ2n) is 5.89. The van der Waals surface area contributed by atoms with Gasteiger partial charge in [0.1, 0.15) is 0 Å². The lowest BCUT2D eigenvalue weighted by molar-refractivity contribution is 0.354. The first-order valence-electron chi connectivity index (χ1n) is 8.23. The van der Waals surface area contributed by atoms with Crippen molar-refractivity contribution in [3.63, 3.8) is 0 Å². The van der Waals surface area contributed by atoms with Crippen molar-refractivity contribution in [2.45, 2.75) is 4.90 Å². The topological polar surface area (TPSA) is 124 Å². The number of nitrogens with zero attached hydrogens (tertiary/aromatic N) is 1. The molecule has 0 radical (unpaired) electrons. The van der Waals surface area contributed by atoms with Crippen molar-refractivity contribution in [1.82, 2.24) is 9.97 Å². The quantitative estimate of drug-likeness (QED) is 0.479. The molecule has 2 heterocycles. The first kappa shape index (κ1) is 19.0. The van der Waals surface area contributed by atoms with E-state index in [1.165, 1.54) is 32.4 Å². The van der Waals surface area contributed by atoms with Gasteiger partial charge >= 0.3 is 5.76 Å². The molecule has 0 fully saturated rings. The SMILES string of the molecule is COc1ccc(S(=O)(=O)Nc2nc(-c3ccc4[nH]c(=O)oc4c3)cs2)cc1OC. The third kappa shape index (κ3) is 3.69. The molecule has 0 saturated heterocycles. The predicted molar refractivity (Wildman–Crippen MR) is 108 cm³/mol. The van der Waals surface area contributed by atoms with Crippen molar-refractivity contribution < 1.29 is 22.3 Å². The maximum atomic E-state index is 12.7. The van der Waals surface area contributed by atoms with E-state index in [4.69, 9.17) is 13.9 Å². The zero-order valence-corrected chi connectivity index (χ0v) is 16.9. The number of methoxy groups -OCH3 is 2. The number of hydrogen-bond donors (Lipinski definition) is 2. The molecule has 2 aromatic heterocycles. The van der Waals surface area contributed by atoms with E-state index in [1.54, 1.807) is 23.6 Å². The van der Waals surface area contributed by atoms with Crippen LogP contribution in [0.2, 0.25) is 0 Å². The van der Waals surface area contributed by atoms with Crippen LogP contribution in [-0.2, 0) is 10.0 Å². The molecule has 0 spiro atoms. The lowest BCUT2D eigenvalue weighted by Gasteiger charge is -2.10. The van der Waals surface area contributed by atoms with E-state index >= 15 is 0 Å². The molecular formula is C18H15N3O6S2. The monoisotopic (exact) mass is 433 g/mol. The number of anilines is 1. The third-order valence-electron chi connectivity index (χ3n) is 4.11. The molecule has 0 atom stereocenters. The minimum absolute atomic E-state index is 0.0161. The summed E-state index contributed by atoms with van der Waals surface area (Å²) < 4.78 is 43.2. The van der Waals surface area contributed by atoms with Gasteiger partial charge in [0.15, 0.2) is 22.2 Å². The number of aromatic nitrogens is 2. The Hall–Kier alpha value is -3.31. The van der Waals surface area contributed by atoms with Crippen LogP contribution < -0.4 is 20.0 Å². The molecule has 2 N–H and O–H groups in total. The van der Waals surface area contributed by atoms with Crippen LogP contribution in [0.3, 0.4) is 0 Å². The van der Waals surface area contributed by atoms with Crippen LogP contribution in [0, 0.1) is 0 Å². The third-order valence-corrected chi connectivity index (χ3v) is 6.33. The summed E-state index contributed by atoms with van der Waals surface area (Å²) in [5, 5.41) is 1.91. The highest BCUT2D eigenvalue weighted by Crippen LogP contribution is 2.32. The van der Waals surface area contributed by atoms with Crippen LogP contribution in [0.15, 0.2) is 55.9 Å². The van der Waals surface area contributed by atoms with Crippen LogP contribution in [0.25, 0.3) is 22.4 Å². The van der Waals surface area contributed by atoms with E-state index in [-0.39, 0.29) is 10.0 Å². The summed E-state index contributed by atoms with van der Waals surface area (Å²) in [6.45, 7) is 0. The molecule has 4 rings (SSSR count). The lowest BCUT2D eigenvalue weighted by atomic mass is 10.1. The molecule has 29 heavy (non-hydrogen) atoms. The van der Waals surface area contributed by atoms with Gasteiger partial charge in [0.25, 0.3) is 10.0 Å². The van der Waals surface area contributed by atoms with Gasteiger partial charge in [-0.1, -0.05) is 6.07 Å². The number of oxazole rings is 1. The zero-order valence-electron chi connectivity index (χ0n) is 15.3. The summed E-state index contributed by atoms with van der Waals surface area (Å²) in [5.74, 6) is 0.185. The van der Waals surface area contributed by atoms with Gasteiger partial charge in [-0.15, -0.1) is 11.3 Å². The summed E-state index contributed by atoms with van der Waals surface area (Å²) in [5.41, 5.74) is 2.20. The smallest absolute Gasteiger partial charge is 0.417 e. The summed E-state index contributed by atoms with van der Waals surface area (Å²) >= 11 is 1.14. The summed E-state index contributed by atoms with van der Waals surface area (Å²) in [6, 6.07) is 9.42. The Morgan fingerprint density at radius 2 is 1.90 bits per heavy atom. The fraction of sp³-hybridized carbons (Fsp3) is 0.111. The van der Waals surface area contributed by atoms with Gasteiger partial charge in [0, 0.05) is 17.0 Å². The molecule has 4 aromatic rings. The largest absolute Gasteiger partial charge is 0.493 e. The van der Waals surface area contributed by atoms with Crippen molar-refractivity contribution >= 4 is 37.6 Å². The molecule has 0 aliphatic carbocycles. The lowest BCUT2D eigenvalue weighted by Crippen LogP contribution is -2.13. The first-order chi connectivity index (χ1) is 13.9. The normalized spacial score (nSPS) is 11.5. The van der Waals surface area contributed by atoms with E-state index in [2.05, 4.69) is 14.7 Å². The minimum atomic E-state index is -3.87. The van der Waals surface area contributed by atoms with Gasteiger partial charge in [-0.3, -0.25) is 9.71 Å². The van der Waals surface area contributed by atoms with Crippen LogP contribution in [-0.4, -0.2) is 32.6 Å². The van der Waals surface area contributed by atoms with Gasteiger partial charge in [0.05, 0.1) is 30.3 Å². The Morgan fingerprint density at radius 1 is 1.10 bits per heavy atom. The van der Waals surface area contributed by atoms with Crippen LogP contribution in [0.1, 0.15) is 0 Å². The second-order valence-corrected chi connectivity index (χ2v) is 8.43. The number of nitrogens with one attached hydrogen (secondary N) is 2. The highest BCUT2D eigenvalue weighted by Gasteiger charge is 2.19. The van der Waals surface area contributed by atoms with E-state index in [0.717, 1.165) is 11.3 Å². The molecule has 9 nitrogen and oxygen atoms in total. The molecule has 0 bridgehead atoms. The first-order valence-corrected chi connectivity index (χ1v) is 10.6. The molecule has 0 saturated carbocycles. The van der Waals surface area contributed by atoms with Gasteiger partial charge in [-0.25, -0.2) is 18.2 Å². The average molecular weight is 433 g/mol. The van der Waals surface area contributed by atoms with Crippen LogP contribution in [0.5, 0.6) is 11.5 Å². The van der Waals surface area contributed by atoms with E-state index < -0.39 is 15.8 Å². The van der Waals surface area contributed by atoms with Gasteiger partial charge < -0.3 is 13.9 Å². The summed E-state index contributed by atoms with van der Waals surface area (Å²) in [6.07, 6.45) is 0. The summed E-state index contributed by atoms with van der Waals surface area (Å²) in [4.78, 5) is 18.2. The number of H-pyrrole nitrogens is 1. The van der Waals surface area contributed by atoms with Crippen molar-refractivity contribution in [3.05, 3.63) is 52.3 Å². The molecule has 2 aromatic carbocycles. The Bertz CT molecular complexity index is 1350. The maximum absolute atomic E-state index is 12.7. The van der Waals surface area contributed by atoms with Crippen LogP contribution in [0.4, 0.5) is 5.13 Å².